The van der Waals surface area contributed by atoms with E-state index < -0.39 is 5.97 Å². The van der Waals surface area contributed by atoms with Crippen LogP contribution < -0.4 is 39.4 Å². The van der Waals surface area contributed by atoms with Gasteiger partial charge in [-0.05, 0) is 30.0 Å². The fraction of sp³-hybridized carbons (Fsp3) is 0.417. The molecule has 16 heavy (non-hydrogen) atoms. The van der Waals surface area contributed by atoms with Crippen molar-refractivity contribution in [3.05, 3.63) is 29.3 Å². The van der Waals surface area contributed by atoms with E-state index in [9.17, 15) is 9.90 Å². The maximum absolute atomic E-state index is 10.3. The summed E-state index contributed by atoms with van der Waals surface area (Å²) in [5.74, 6) is -0.542. The summed E-state index contributed by atoms with van der Waals surface area (Å²) in [4.78, 5) is 10.3. The van der Waals surface area contributed by atoms with Crippen molar-refractivity contribution in [2.45, 2.75) is 26.7 Å². The molecule has 0 atom stereocenters. The Morgan fingerprint density at radius 2 is 2.00 bits per heavy atom. The molecular weight excluding hydrogens is 215 g/mol. The van der Waals surface area contributed by atoms with Gasteiger partial charge in [0.05, 0.1) is 5.97 Å². The summed E-state index contributed by atoms with van der Waals surface area (Å²) in [5.41, 5.74) is 2.29. The monoisotopic (exact) mass is 230 g/mol. The molecule has 0 unspecified atom stereocenters. The fourth-order valence-electron chi connectivity index (χ4n) is 1.62. The van der Waals surface area contributed by atoms with Crippen LogP contribution in [0.15, 0.2) is 18.2 Å². The van der Waals surface area contributed by atoms with Crippen molar-refractivity contribution in [1.29, 1.82) is 0 Å². The number of hydrogen-bond acceptors (Lipinski definition) is 3. The molecular formula is C12H15NaO3. The van der Waals surface area contributed by atoms with Crippen LogP contribution in [0.2, 0.25) is 0 Å². The zero-order valence-electron chi connectivity index (χ0n) is 10.1. The van der Waals surface area contributed by atoms with Crippen LogP contribution >= 0.6 is 0 Å². The van der Waals surface area contributed by atoms with Crippen LogP contribution in [0.5, 0.6) is 5.75 Å². The first-order chi connectivity index (χ1) is 7.19. The average Bonchev–Trinajstić information content (AvgIpc) is 2.25. The molecule has 0 heterocycles. The van der Waals surface area contributed by atoms with Gasteiger partial charge in [-0.1, -0.05) is 26.0 Å². The maximum Gasteiger partial charge on any atom is 1.00 e. The molecule has 4 heteroatoms. The second-order valence-corrected chi connectivity index (χ2v) is 3.26. The third-order valence-corrected chi connectivity index (χ3v) is 2.31. The zero-order chi connectivity index (χ0) is 11.3. The van der Waals surface area contributed by atoms with Crippen molar-refractivity contribution in [2.24, 2.45) is 0 Å². The second kappa shape index (κ2) is 7.71. The molecule has 0 spiro atoms. The van der Waals surface area contributed by atoms with Crippen LogP contribution in [0.4, 0.5) is 0 Å². The Morgan fingerprint density at radius 1 is 1.31 bits per heavy atom. The van der Waals surface area contributed by atoms with Crippen LogP contribution in [-0.4, -0.2) is 12.6 Å². The van der Waals surface area contributed by atoms with Gasteiger partial charge in [-0.15, -0.1) is 0 Å². The molecule has 0 fully saturated rings. The second-order valence-electron chi connectivity index (χ2n) is 3.26. The van der Waals surface area contributed by atoms with E-state index in [0.717, 1.165) is 18.4 Å². The summed E-state index contributed by atoms with van der Waals surface area (Å²) in [5, 5.41) is 10.3. The van der Waals surface area contributed by atoms with Gasteiger partial charge in [-0.2, -0.15) is 0 Å². The van der Waals surface area contributed by atoms with Gasteiger partial charge in [0.2, 0.25) is 0 Å². The molecule has 0 radical (unpaired) electrons. The van der Waals surface area contributed by atoms with Crippen LogP contribution in [0.3, 0.4) is 0 Å². The van der Waals surface area contributed by atoms with Gasteiger partial charge in [-0.3, -0.25) is 0 Å². The Hall–Kier alpha value is -0.510. The largest absolute Gasteiger partial charge is 1.00 e. The van der Waals surface area contributed by atoms with E-state index in [0.29, 0.717) is 5.75 Å². The number of carboxylic acid groups (broad SMARTS) is 1. The van der Waals surface area contributed by atoms with Crippen molar-refractivity contribution in [2.75, 3.05) is 6.61 Å². The van der Waals surface area contributed by atoms with E-state index >= 15 is 0 Å². The SMILES string of the molecule is CCc1cccc(OCC(=O)[O-])c1CC.[Na+]. The summed E-state index contributed by atoms with van der Waals surface area (Å²) >= 11 is 0. The van der Waals surface area contributed by atoms with Crippen LogP contribution in [0.1, 0.15) is 25.0 Å². The molecule has 82 valence electrons. The molecule has 0 N–H and O–H groups in total. The third kappa shape index (κ3) is 4.16. The van der Waals surface area contributed by atoms with Crippen LogP contribution in [0, 0.1) is 0 Å². The molecule has 0 aromatic heterocycles. The van der Waals surface area contributed by atoms with Crippen molar-refractivity contribution in [3.8, 4) is 5.75 Å². The number of hydrogen-bond donors (Lipinski definition) is 0. The molecule has 0 saturated heterocycles. The summed E-state index contributed by atoms with van der Waals surface area (Å²) in [7, 11) is 0. The smallest absolute Gasteiger partial charge is 0.546 e. The fourth-order valence-corrected chi connectivity index (χ4v) is 1.62. The van der Waals surface area contributed by atoms with Crippen LogP contribution in [-0.2, 0) is 17.6 Å². The Kier molecular flexibility index (Phi) is 7.47. The quantitative estimate of drug-likeness (QED) is 0.547. The van der Waals surface area contributed by atoms with Crippen molar-refractivity contribution in [1.82, 2.24) is 0 Å². The molecule has 0 aliphatic carbocycles. The minimum absolute atomic E-state index is 0. The number of carbonyl (C=O) groups is 1. The van der Waals surface area contributed by atoms with E-state index in [1.807, 2.05) is 19.1 Å². The van der Waals surface area contributed by atoms with E-state index in [-0.39, 0.29) is 36.2 Å². The van der Waals surface area contributed by atoms with Gasteiger partial charge in [0.1, 0.15) is 12.4 Å². The number of aryl methyl sites for hydroxylation is 1. The topological polar surface area (TPSA) is 49.4 Å². The molecule has 3 nitrogen and oxygen atoms in total. The maximum atomic E-state index is 10.3. The van der Waals surface area contributed by atoms with Gasteiger partial charge < -0.3 is 14.6 Å². The van der Waals surface area contributed by atoms with E-state index in [2.05, 4.69) is 6.92 Å². The summed E-state index contributed by atoms with van der Waals surface area (Å²) in [6.45, 7) is 3.71. The Balaban J connectivity index is 0.00000225. The summed E-state index contributed by atoms with van der Waals surface area (Å²) < 4.78 is 5.17. The van der Waals surface area contributed by atoms with Gasteiger partial charge >= 0.3 is 29.6 Å². The van der Waals surface area contributed by atoms with Gasteiger partial charge in [0, 0.05) is 0 Å². The Labute approximate surface area is 118 Å². The first kappa shape index (κ1) is 15.5. The van der Waals surface area contributed by atoms with Gasteiger partial charge in [0.15, 0.2) is 0 Å². The van der Waals surface area contributed by atoms with E-state index in [1.54, 1.807) is 6.07 Å². The Morgan fingerprint density at radius 3 is 2.50 bits per heavy atom. The predicted molar refractivity (Wildman–Crippen MR) is 55.7 cm³/mol. The molecule has 0 aliphatic rings. The average molecular weight is 230 g/mol. The Bertz CT molecular complexity index is 350. The summed E-state index contributed by atoms with van der Waals surface area (Å²) in [6, 6.07) is 5.70. The third-order valence-electron chi connectivity index (χ3n) is 2.31. The number of carboxylic acids is 1. The molecule has 0 amide bonds. The minimum Gasteiger partial charge on any atom is -0.546 e. The molecule has 0 saturated carbocycles. The molecule has 1 aromatic rings. The normalized spacial score (nSPS) is 9.38. The number of aliphatic carboxylic acids is 1. The van der Waals surface area contributed by atoms with Crippen LogP contribution in [0.25, 0.3) is 0 Å². The van der Waals surface area contributed by atoms with E-state index in [4.69, 9.17) is 4.74 Å². The molecule has 0 aliphatic heterocycles. The number of benzene rings is 1. The van der Waals surface area contributed by atoms with E-state index in [1.165, 1.54) is 5.56 Å². The zero-order valence-corrected chi connectivity index (χ0v) is 12.1. The predicted octanol–water partition coefficient (Wildman–Crippen LogP) is -2.06. The number of carbonyl (C=O) groups excluding carboxylic acids is 1. The molecule has 1 rings (SSSR count). The van der Waals surface area contributed by atoms with Gasteiger partial charge in [0.25, 0.3) is 0 Å². The number of ether oxygens (including phenoxy) is 1. The minimum atomic E-state index is -1.20. The first-order valence-electron chi connectivity index (χ1n) is 5.12. The molecule has 0 bridgehead atoms. The van der Waals surface area contributed by atoms with Crippen molar-refractivity contribution < 1.29 is 44.2 Å². The summed E-state index contributed by atoms with van der Waals surface area (Å²) in [6.07, 6.45) is 1.76. The van der Waals surface area contributed by atoms with Crippen molar-refractivity contribution in [3.63, 3.8) is 0 Å². The standard InChI is InChI=1S/C12H16O3.Na/c1-3-9-6-5-7-11(10(9)4-2)15-8-12(13)14;/h5-7H,3-4,8H2,1-2H3,(H,13,14);/q;+1/p-1. The van der Waals surface area contributed by atoms with Gasteiger partial charge in [-0.25, -0.2) is 0 Å². The molecule has 1 aromatic carbocycles. The van der Waals surface area contributed by atoms with Crippen molar-refractivity contribution >= 4 is 5.97 Å². The number of rotatable bonds is 5. The first-order valence-corrected chi connectivity index (χ1v) is 5.12.